The standard InChI is InChI=1S/C33H37N5O3/c1-40-17-5-16-38-30-8-3-2-7-29(30)36-33(38)26-6-4-15-37(22-26)32(39)20-28(34)18-23-9-11-24(12-10-23)25-13-14-31-27(19-25)21-35-41-31/h2-3,7-14,19,21,26,28H,4-6,15-18,20,22,34H2,1H3/t26-,28-/m1/s1. The van der Waals surface area contributed by atoms with E-state index in [4.69, 9.17) is 20.0 Å². The lowest BCUT2D eigenvalue weighted by molar-refractivity contribution is -0.132. The lowest BCUT2D eigenvalue weighted by Crippen LogP contribution is -2.42. The van der Waals surface area contributed by atoms with Gasteiger partial charge in [0.05, 0.1) is 17.2 Å². The van der Waals surface area contributed by atoms with Gasteiger partial charge in [-0.05, 0) is 66.6 Å². The number of rotatable bonds is 10. The molecule has 0 aliphatic carbocycles. The summed E-state index contributed by atoms with van der Waals surface area (Å²) in [5.74, 6) is 1.42. The molecule has 0 unspecified atom stereocenters. The molecule has 1 fully saturated rings. The summed E-state index contributed by atoms with van der Waals surface area (Å²) in [5.41, 5.74) is 12.8. The van der Waals surface area contributed by atoms with E-state index in [9.17, 15) is 4.79 Å². The van der Waals surface area contributed by atoms with Crippen LogP contribution in [0.2, 0.25) is 0 Å². The van der Waals surface area contributed by atoms with Gasteiger partial charge in [0, 0.05) is 57.1 Å². The Bertz CT molecular complexity index is 1620. The predicted molar refractivity (Wildman–Crippen MR) is 161 cm³/mol. The zero-order chi connectivity index (χ0) is 28.2. The summed E-state index contributed by atoms with van der Waals surface area (Å²) in [4.78, 5) is 20.4. The summed E-state index contributed by atoms with van der Waals surface area (Å²) in [6, 6.07) is 22.5. The van der Waals surface area contributed by atoms with Crippen molar-refractivity contribution in [2.45, 2.75) is 50.6 Å². The maximum absolute atomic E-state index is 13.4. The molecule has 3 heterocycles. The number of methoxy groups -OCH3 is 1. The number of hydrogen-bond donors (Lipinski definition) is 1. The van der Waals surface area contributed by atoms with Crippen molar-refractivity contribution in [1.29, 1.82) is 0 Å². The van der Waals surface area contributed by atoms with Crippen LogP contribution < -0.4 is 5.73 Å². The molecule has 1 aliphatic rings. The van der Waals surface area contributed by atoms with Crippen LogP contribution in [0.25, 0.3) is 33.1 Å². The Balaban J connectivity index is 1.08. The average Bonchev–Trinajstić information content (AvgIpc) is 3.62. The van der Waals surface area contributed by atoms with E-state index in [1.165, 1.54) is 0 Å². The van der Waals surface area contributed by atoms with E-state index >= 15 is 0 Å². The van der Waals surface area contributed by atoms with Gasteiger partial charge in [-0.1, -0.05) is 47.6 Å². The lowest BCUT2D eigenvalue weighted by atomic mass is 9.95. The van der Waals surface area contributed by atoms with Crippen molar-refractivity contribution >= 4 is 27.9 Å². The van der Waals surface area contributed by atoms with Crippen LogP contribution in [0.3, 0.4) is 0 Å². The van der Waals surface area contributed by atoms with Crippen LogP contribution in [0.15, 0.2) is 77.4 Å². The highest BCUT2D eigenvalue weighted by Crippen LogP contribution is 2.30. The highest BCUT2D eigenvalue weighted by atomic mass is 16.5. The van der Waals surface area contributed by atoms with Gasteiger partial charge in [-0.2, -0.15) is 0 Å². The van der Waals surface area contributed by atoms with Gasteiger partial charge >= 0.3 is 0 Å². The monoisotopic (exact) mass is 551 g/mol. The van der Waals surface area contributed by atoms with Gasteiger partial charge in [0.15, 0.2) is 5.58 Å². The van der Waals surface area contributed by atoms with E-state index in [0.717, 1.165) is 76.9 Å². The number of piperidine rings is 1. The number of imidazole rings is 1. The van der Waals surface area contributed by atoms with E-state index in [2.05, 4.69) is 58.3 Å². The molecule has 0 spiro atoms. The topological polar surface area (TPSA) is 99.4 Å². The molecule has 2 aromatic heterocycles. The largest absolute Gasteiger partial charge is 0.385 e. The third-order valence-electron chi connectivity index (χ3n) is 8.13. The molecule has 8 heteroatoms. The maximum Gasteiger partial charge on any atom is 0.224 e. The minimum absolute atomic E-state index is 0.128. The van der Waals surface area contributed by atoms with Crippen molar-refractivity contribution in [1.82, 2.24) is 19.6 Å². The maximum atomic E-state index is 13.4. The number of benzene rings is 3. The predicted octanol–water partition coefficient (Wildman–Crippen LogP) is 5.55. The molecule has 1 aliphatic heterocycles. The van der Waals surface area contributed by atoms with Crippen LogP contribution in [-0.4, -0.2) is 58.4 Å². The molecule has 2 atom stereocenters. The van der Waals surface area contributed by atoms with E-state index in [-0.39, 0.29) is 17.9 Å². The highest BCUT2D eigenvalue weighted by molar-refractivity contribution is 5.82. The van der Waals surface area contributed by atoms with Crippen LogP contribution in [0.4, 0.5) is 0 Å². The molecule has 2 N–H and O–H groups in total. The number of para-hydroxylation sites is 2. The number of ether oxygens (including phenoxy) is 1. The van der Waals surface area contributed by atoms with E-state index in [1.54, 1.807) is 13.3 Å². The van der Waals surface area contributed by atoms with Crippen LogP contribution in [0.5, 0.6) is 0 Å². The summed E-state index contributed by atoms with van der Waals surface area (Å²) in [6.07, 6.45) is 5.64. The van der Waals surface area contributed by atoms with Gasteiger partial charge in [0.25, 0.3) is 0 Å². The van der Waals surface area contributed by atoms with E-state index in [0.29, 0.717) is 26.0 Å². The number of likely N-dealkylation sites (tertiary alicyclic amines) is 1. The van der Waals surface area contributed by atoms with Crippen LogP contribution in [-0.2, 0) is 22.5 Å². The second-order valence-corrected chi connectivity index (χ2v) is 11.1. The van der Waals surface area contributed by atoms with Crippen molar-refractivity contribution < 1.29 is 14.1 Å². The number of nitrogens with two attached hydrogens (primary N) is 1. The Morgan fingerprint density at radius 3 is 2.80 bits per heavy atom. The first kappa shape index (κ1) is 27.2. The third-order valence-corrected chi connectivity index (χ3v) is 8.13. The van der Waals surface area contributed by atoms with Gasteiger partial charge in [-0.3, -0.25) is 4.79 Å². The second-order valence-electron chi connectivity index (χ2n) is 11.1. The summed E-state index contributed by atoms with van der Waals surface area (Å²) >= 11 is 0. The zero-order valence-corrected chi connectivity index (χ0v) is 23.5. The molecule has 1 saturated heterocycles. The average molecular weight is 552 g/mol. The number of amides is 1. The summed E-state index contributed by atoms with van der Waals surface area (Å²) in [7, 11) is 1.73. The molecule has 41 heavy (non-hydrogen) atoms. The zero-order valence-electron chi connectivity index (χ0n) is 23.5. The first-order chi connectivity index (χ1) is 20.1. The Kier molecular flexibility index (Phi) is 8.11. The minimum atomic E-state index is -0.235. The number of carbonyl (C=O) groups is 1. The van der Waals surface area contributed by atoms with Crippen LogP contribution >= 0.6 is 0 Å². The second kappa shape index (κ2) is 12.2. The molecular weight excluding hydrogens is 514 g/mol. The first-order valence-corrected chi connectivity index (χ1v) is 14.5. The van der Waals surface area contributed by atoms with Gasteiger partial charge in [0.1, 0.15) is 5.82 Å². The van der Waals surface area contributed by atoms with Gasteiger partial charge in [-0.15, -0.1) is 0 Å². The molecule has 0 bridgehead atoms. The molecule has 0 radical (unpaired) electrons. The number of hydrogen-bond acceptors (Lipinski definition) is 6. The molecule has 5 aromatic rings. The number of aryl methyl sites for hydroxylation is 1. The number of carbonyl (C=O) groups excluding carboxylic acids is 1. The van der Waals surface area contributed by atoms with Crippen molar-refractivity contribution in [3.8, 4) is 11.1 Å². The normalized spacial score (nSPS) is 16.4. The number of nitrogens with zero attached hydrogens (tertiary/aromatic N) is 4. The molecule has 212 valence electrons. The van der Waals surface area contributed by atoms with Crippen LogP contribution in [0.1, 0.15) is 43.0 Å². The molecule has 0 saturated carbocycles. The molecular formula is C33H37N5O3. The minimum Gasteiger partial charge on any atom is -0.385 e. The Morgan fingerprint density at radius 1 is 1.12 bits per heavy atom. The summed E-state index contributed by atoms with van der Waals surface area (Å²) in [6.45, 7) is 3.02. The van der Waals surface area contributed by atoms with E-state index < -0.39 is 0 Å². The smallest absolute Gasteiger partial charge is 0.224 e. The van der Waals surface area contributed by atoms with Crippen molar-refractivity contribution in [3.63, 3.8) is 0 Å². The van der Waals surface area contributed by atoms with Gasteiger partial charge in [0.2, 0.25) is 5.91 Å². The number of fused-ring (bicyclic) bond motifs is 2. The molecule has 8 nitrogen and oxygen atoms in total. The third kappa shape index (κ3) is 6.04. The molecule has 1 amide bonds. The molecule has 3 aromatic carbocycles. The Labute approximate surface area is 240 Å². The fraction of sp³-hybridized carbons (Fsp3) is 0.364. The first-order valence-electron chi connectivity index (χ1n) is 14.5. The fourth-order valence-corrected chi connectivity index (χ4v) is 6.04. The van der Waals surface area contributed by atoms with Gasteiger partial charge < -0.3 is 24.5 Å². The van der Waals surface area contributed by atoms with Crippen molar-refractivity contribution in [2.24, 2.45) is 5.73 Å². The van der Waals surface area contributed by atoms with E-state index in [1.807, 2.05) is 23.1 Å². The quantitative estimate of drug-likeness (QED) is 0.229. The highest BCUT2D eigenvalue weighted by Gasteiger charge is 2.29. The summed E-state index contributed by atoms with van der Waals surface area (Å²) in [5, 5.41) is 4.84. The Morgan fingerprint density at radius 2 is 1.95 bits per heavy atom. The number of aromatic nitrogens is 3. The van der Waals surface area contributed by atoms with Gasteiger partial charge in [-0.25, -0.2) is 4.98 Å². The lowest BCUT2D eigenvalue weighted by Gasteiger charge is -2.33. The van der Waals surface area contributed by atoms with Crippen LogP contribution in [0, 0.1) is 0 Å². The SMILES string of the molecule is COCCCn1c([C@@H]2CCCN(C(=O)C[C@H](N)Cc3ccc(-c4ccc5oncc5c4)cc3)C2)nc2ccccc21. The Hall–Kier alpha value is -4.01. The van der Waals surface area contributed by atoms with Crippen molar-refractivity contribution in [3.05, 3.63) is 84.3 Å². The molecule has 6 rings (SSSR count). The fourth-order valence-electron chi connectivity index (χ4n) is 6.04. The summed E-state index contributed by atoms with van der Waals surface area (Å²) < 4.78 is 12.8. The van der Waals surface area contributed by atoms with Crippen molar-refractivity contribution in [2.75, 3.05) is 26.8 Å².